The Morgan fingerprint density at radius 3 is 2.81 bits per heavy atom. The monoisotopic (exact) mass is 271 g/mol. The number of rotatable bonds is 3. The van der Waals surface area contributed by atoms with Gasteiger partial charge in [0.05, 0.1) is 21.5 Å². The zero-order chi connectivity index (χ0) is 11.7. The number of hydrogen-bond acceptors (Lipinski definition) is 4. The van der Waals surface area contributed by atoms with Gasteiger partial charge in [-0.25, -0.2) is 4.98 Å². The van der Waals surface area contributed by atoms with Gasteiger partial charge in [-0.15, -0.1) is 34.3 Å². The maximum atomic E-state index is 11.5. The number of Topliss-reactive ketones (excluding diaryl/α,β-unsaturated/α-hetero) is 1. The third kappa shape index (κ3) is 2.19. The molecule has 0 aromatic carbocycles. The highest BCUT2D eigenvalue weighted by Crippen LogP contribution is 2.32. The van der Waals surface area contributed by atoms with Crippen molar-refractivity contribution < 1.29 is 4.79 Å². The summed E-state index contributed by atoms with van der Waals surface area (Å²) in [5.74, 6) is 0.0150. The van der Waals surface area contributed by atoms with E-state index in [0.29, 0.717) is 0 Å². The Morgan fingerprint density at radius 2 is 2.25 bits per heavy atom. The quantitative estimate of drug-likeness (QED) is 0.626. The van der Waals surface area contributed by atoms with Gasteiger partial charge in [0, 0.05) is 15.8 Å². The molecule has 0 saturated carbocycles. The van der Waals surface area contributed by atoms with E-state index in [4.69, 9.17) is 11.6 Å². The molecule has 0 aliphatic heterocycles. The summed E-state index contributed by atoms with van der Waals surface area (Å²) in [7, 11) is 0. The number of nitrogens with zero attached hydrogens (tertiary/aromatic N) is 1. The van der Waals surface area contributed by atoms with Crippen molar-refractivity contribution in [3.63, 3.8) is 0 Å². The van der Waals surface area contributed by atoms with Crippen molar-refractivity contribution >= 4 is 40.1 Å². The number of thiazole rings is 1. The fraction of sp³-hybridized carbons (Fsp3) is 0.273. The molecule has 2 nitrogen and oxygen atoms in total. The lowest BCUT2D eigenvalue weighted by Crippen LogP contribution is -1.99. The lowest BCUT2D eigenvalue weighted by molar-refractivity contribution is 0.102. The predicted molar refractivity (Wildman–Crippen MR) is 70.0 cm³/mol. The molecule has 0 radical (unpaired) electrons. The van der Waals surface area contributed by atoms with Gasteiger partial charge in [0.25, 0.3) is 0 Å². The van der Waals surface area contributed by atoms with Crippen molar-refractivity contribution in [2.24, 2.45) is 0 Å². The number of carbonyl (C=O) groups is 1. The second-order valence-electron chi connectivity index (χ2n) is 3.39. The van der Waals surface area contributed by atoms with Gasteiger partial charge < -0.3 is 0 Å². The van der Waals surface area contributed by atoms with E-state index in [-0.39, 0.29) is 11.7 Å². The summed E-state index contributed by atoms with van der Waals surface area (Å²) in [6, 6.07) is 1.89. The van der Waals surface area contributed by atoms with E-state index in [1.807, 2.05) is 25.3 Å². The van der Waals surface area contributed by atoms with Crippen molar-refractivity contribution in [1.29, 1.82) is 0 Å². The van der Waals surface area contributed by atoms with E-state index in [0.717, 1.165) is 26.0 Å². The van der Waals surface area contributed by atoms with Crippen molar-refractivity contribution in [3.05, 3.63) is 26.9 Å². The highest BCUT2D eigenvalue weighted by Gasteiger charge is 2.14. The first-order chi connectivity index (χ1) is 7.61. The van der Waals surface area contributed by atoms with E-state index in [2.05, 4.69) is 4.98 Å². The van der Waals surface area contributed by atoms with Crippen molar-refractivity contribution in [2.45, 2.75) is 13.8 Å². The Balaban J connectivity index is 2.41. The normalized spacial score (nSPS) is 10.7. The minimum atomic E-state index is -0.0198. The molecule has 0 aliphatic carbocycles. The topological polar surface area (TPSA) is 30.0 Å². The summed E-state index contributed by atoms with van der Waals surface area (Å²) in [5.41, 5.74) is 1.67. The number of thiophene rings is 1. The standard InChI is InChI=1S/C11H10ClNOS2/c1-6-8(10(14)4-12)3-11(16-6)9-5-15-7(2)13-9/h3,5H,4H2,1-2H3. The zero-order valence-corrected chi connectivity index (χ0v) is 11.3. The number of carbonyl (C=O) groups excluding carboxylic acids is 1. The van der Waals surface area contributed by atoms with E-state index < -0.39 is 0 Å². The Kier molecular flexibility index (Phi) is 3.42. The van der Waals surface area contributed by atoms with Gasteiger partial charge >= 0.3 is 0 Å². The second-order valence-corrected chi connectivity index (χ2v) is 5.97. The number of alkyl halides is 1. The van der Waals surface area contributed by atoms with Crippen LogP contribution in [0.3, 0.4) is 0 Å². The van der Waals surface area contributed by atoms with Gasteiger partial charge in [0.2, 0.25) is 0 Å². The van der Waals surface area contributed by atoms with Crippen LogP contribution in [0.4, 0.5) is 0 Å². The minimum Gasteiger partial charge on any atom is -0.293 e. The van der Waals surface area contributed by atoms with Crippen LogP contribution >= 0.6 is 34.3 Å². The summed E-state index contributed by atoms with van der Waals surface area (Å²) in [6.45, 7) is 3.91. The third-order valence-electron chi connectivity index (χ3n) is 2.21. The van der Waals surface area contributed by atoms with Crippen molar-refractivity contribution in [1.82, 2.24) is 4.98 Å². The van der Waals surface area contributed by atoms with E-state index >= 15 is 0 Å². The highest BCUT2D eigenvalue weighted by atomic mass is 35.5. The third-order valence-corrected chi connectivity index (χ3v) is 4.30. The summed E-state index contributed by atoms with van der Waals surface area (Å²) in [5, 5.41) is 3.04. The molecule has 2 aromatic heterocycles. The molecule has 16 heavy (non-hydrogen) atoms. The Labute approximate surface area is 107 Å². The van der Waals surface area contributed by atoms with Crippen LogP contribution in [-0.4, -0.2) is 16.6 Å². The molecule has 0 unspecified atom stereocenters. The van der Waals surface area contributed by atoms with Crippen molar-refractivity contribution in [2.75, 3.05) is 5.88 Å². The molecule has 0 atom stereocenters. The second kappa shape index (κ2) is 4.65. The number of hydrogen-bond donors (Lipinski definition) is 0. The Morgan fingerprint density at radius 1 is 1.50 bits per heavy atom. The van der Waals surface area contributed by atoms with Gasteiger partial charge in [0.15, 0.2) is 5.78 Å². The largest absolute Gasteiger partial charge is 0.293 e. The van der Waals surface area contributed by atoms with Crippen LogP contribution in [0.1, 0.15) is 20.2 Å². The molecule has 0 bridgehead atoms. The molecular weight excluding hydrogens is 262 g/mol. The molecular formula is C11H10ClNOS2. The van der Waals surface area contributed by atoms with Crippen LogP contribution in [0.15, 0.2) is 11.4 Å². The average Bonchev–Trinajstić information content (AvgIpc) is 2.83. The lowest BCUT2D eigenvalue weighted by Gasteiger charge is -1.91. The molecule has 0 amide bonds. The predicted octanol–water partition coefficient (Wildman–Crippen LogP) is 3.91. The summed E-state index contributed by atoms with van der Waals surface area (Å²) < 4.78 is 0. The first kappa shape index (κ1) is 11.8. The number of halogens is 1. The van der Waals surface area contributed by atoms with Crippen LogP contribution in [0.5, 0.6) is 0 Å². The van der Waals surface area contributed by atoms with Crippen LogP contribution < -0.4 is 0 Å². The molecule has 0 spiro atoms. The number of aromatic nitrogens is 1. The molecule has 2 rings (SSSR count). The molecule has 2 heterocycles. The Hall–Kier alpha value is -0.710. The van der Waals surface area contributed by atoms with Gasteiger partial charge in [-0.1, -0.05) is 0 Å². The lowest BCUT2D eigenvalue weighted by atomic mass is 10.2. The van der Waals surface area contributed by atoms with Crippen LogP contribution in [0.2, 0.25) is 0 Å². The fourth-order valence-corrected chi connectivity index (χ4v) is 3.26. The Bertz CT molecular complexity index is 530. The van der Waals surface area contributed by atoms with Crippen LogP contribution in [0.25, 0.3) is 10.6 Å². The van der Waals surface area contributed by atoms with E-state index in [1.54, 1.807) is 22.7 Å². The maximum absolute atomic E-state index is 11.5. The number of ketones is 1. The SMILES string of the molecule is Cc1nc(-c2cc(C(=O)CCl)c(C)s2)cs1. The van der Waals surface area contributed by atoms with Crippen LogP contribution in [0, 0.1) is 13.8 Å². The van der Waals surface area contributed by atoms with Gasteiger partial charge in [0.1, 0.15) is 0 Å². The summed E-state index contributed by atoms with van der Waals surface area (Å²) in [6.07, 6.45) is 0. The molecule has 0 saturated heterocycles. The maximum Gasteiger partial charge on any atom is 0.178 e. The van der Waals surface area contributed by atoms with E-state index in [1.165, 1.54) is 0 Å². The van der Waals surface area contributed by atoms with Gasteiger partial charge in [-0.2, -0.15) is 0 Å². The molecule has 2 aromatic rings. The zero-order valence-electron chi connectivity index (χ0n) is 8.91. The minimum absolute atomic E-state index is 0.0198. The smallest absolute Gasteiger partial charge is 0.178 e. The molecule has 84 valence electrons. The fourth-order valence-electron chi connectivity index (χ4n) is 1.43. The highest BCUT2D eigenvalue weighted by molar-refractivity contribution is 7.16. The average molecular weight is 272 g/mol. The molecule has 0 aliphatic rings. The van der Waals surface area contributed by atoms with Crippen LogP contribution in [-0.2, 0) is 0 Å². The summed E-state index contributed by atoms with van der Waals surface area (Å²) in [4.78, 5) is 18.0. The number of aryl methyl sites for hydroxylation is 2. The molecule has 5 heteroatoms. The van der Waals surface area contributed by atoms with Crippen molar-refractivity contribution in [3.8, 4) is 10.6 Å². The first-order valence-electron chi connectivity index (χ1n) is 4.74. The molecule has 0 fully saturated rings. The van der Waals surface area contributed by atoms with E-state index in [9.17, 15) is 4.79 Å². The van der Waals surface area contributed by atoms with Gasteiger partial charge in [-0.05, 0) is 19.9 Å². The van der Waals surface area contributed by atoms with Gasteiger partial charge in [-0.3, -0.25) is 4.79 Å². The summed E-state index contributed by atoms with van der Waals surface area (Å²) >= 11 is 8.76. The first-order valence-corrected chi connectivity index (χ1v) is 6.97. The molecule has 0 N–H and O–H groups in total.